The maximum Gasteiger partial charge on any atom is 0.407 e. The molecule has 1 atom stereocenters. The lowest BCUT2D eigenvalue weighted by molar-refractivity contribution is -0.143. The minimum absolute atomic E-state index is 0.210. The number of nitrogens with one attached hydrogen (secondary N) is 1. The summed E-state index contributed by atoms with van der Waals surface area (Å²) in [5.41, 5.74) is 0.955. The molecule has 24 heavy (non-hydrogen) atoms. The van der Waals surface area contributed by atoms with Crippen LogP contribution < -0.4 is 5.32 Å². The van der Waals surface area contributed by atoms with E-state index in [4.69, 9.17) is 9.47 Å². The van der Waals surface area contributed by atoms with Gasteiger partial charge in [-0.15, -0.1) is 0 Å². The summed E-state index contributed by atoms with van der Waals surface area (Å²) in [5, 5.41) is 2.71. The Labute approximate surface area is 152 Å². The number of hydrogen-bond donors (Lipinski definition) is 1. The van der Waals surface area contributed by atoms with Gasteiger partial charge in [-0.3, -0.25) is 4.79 Å². The first-order valence-corrected chi connectivity index (χ1v) is 9.30. The average Bonchev–Trinajstić information content (AvgIpc) is 2.60. The standard InChI is InChI=1S/C18H26BrNO4/c1-2-3-13-23-17(21)16(19)11-7-8-12-20-18(22)24-14-15-9-5-4-6-10-15/h4-6,9-10,16H,2-3,7-8,11-14H2,1H3,(H,20,22)/t16-/m0/s1. The summed E-state index contributed by atoms with van der Waals surface area (Å²) in [4.78, 5) is 22.9. The molecule has 1 rings (SSSR count). The van der Waals surface area contributed by atoms with Crippen LogP contribution in [-0.2, 0) is 20.9 Å². The van der Waals surface area contributed by atoms with Gasteiger partial charge in [0.05, 0.1) is 6.61 Å². The quantitative estimate of drug-likeness (QED) is 0.344. The van der Waals surface area contributed by atoms with Crippen molar-refractivity contribution in [3.05, 3.63) is 35.9 Å². The fourth-order valence-electron chi connectivity index (χ4n) is 1.94. The van der Waals surface area contributed by atoms with Gasteiger partial charge in [-0.25, -0.2) is 4.79 Å². The van der Waals surface area contributed by atoms with E-state index in [0.29, 0.717) is 19.6 Å². The Hall–Kier alpha value is -1.56. The summed E-state index contributed by atoms with van der Waals surface area (Å²) in [6, 6.07) is 9.54. The molecule has 0 bridgehead atoms. The fourth-order valence-corrected chi connectivity index (χ4v) is 2.39. The van der Waals surface area contributed by atoms with Crippen molar-refractivity contribution in [2.75, 3.05) is 13.2 Å². The summed E-state index contributed by atoms with van der Waals surface area (Å²) in [6.07, 6.45) is 3.76. The van der Waals surface area contributed by atoms with Crippen molar-refractivity contribution in [3.8, 4) is 0 Å². The Bertz CT molecular complexity index is 481. The van der Waals surface area contributed by atoms with Crippen LogP contribution in [0.3, 0.4) is 0 Å². The van der Waals surface area contributed by atoms with Crippen LogP contribution in [0.4, 0.5) is 4.79 Å². The maximum atomic E-state index is 11.7. The molecule has 0 aliphatic heterocycles. The number of benzene rings is 1. The van der Waals surface area contributed by atoms with Crippen molar-refractivity contribution in [2.24, 2.45) is 0 Å². The number of halogens is 1. The Kier molecular flexibility index (Phi) is 10.9. The smallest absolute Gasteiger partial charge is 0.407 e. The molecule has 1 amide bonds. The number of hydrogen-bond acceptors (Lipinski definition) is 4. The van der Waals surface area contributed by atoms with E-state index >= 15 is 0 Å². The van der Waals surface area contributed by atoms with Crippen LogP contribution in [0.15, 0.2) is 30.3 Å². The minimum atomic E-state index is -0.423. The van der Waals surface area contributed by atoms with E-state index in [1.165, 1.54) is 0 Å². The number of unbranched alkanes of at least 4 members (excludes halogenated alkanes) is 2. The zero-order chi connectivity index (χ0) is 17.6. The molecular formula is C18H26BrNO4. The molecule has 134 valence electrons. The van der Waals surface area contributed by atoms with Gasteiger partial charge in [0.2, 0.25) is 0 Å². The molecule has 0 radical (unpaired) electrons. The van der Waals surface area contributed by atoms with Crippen LogP contribution in [0.25, 0.3) is 0 Å². The van der Waals surface area contributed by atoms with Gasteiger partial charge in [-0.05, 0) is 31.2 Å². The van der Waals surface area contributed by atoms with Crippen LogP contribution in [-0.4, -0.2) is 30.0 Å². The Morgan fingerprint density at radius 1 is 1.12 bits per heavy atom. The molecule has 5 nitrogen and oxygen atoms in total. The lowest BCUT2D eigenvalue weighted by atomic mass is 10.2. The van der Waals surface area contributed by atoms with Crippen molar-refractivity contribution < 1.29 is 19.1 Å². The third-order valence-corrected chi connectivity index (χ3v) is 4.20. The lowest BCUT2D eigenvalue weighted by Gasteiger charge is -2.10. The number of carbonyl (C=O) groups excluding carboxylic acids is 2. The zero-order valence-electron chi connectivity index (χ0n) is 14.1. The van der Waals surface area contributed by atoms with Gasteiger partial charge in [0.25, 0.3) is 0 Å². The van der Waals surface area contributed by atoms with Crippen LogP contribution >= 0.6 is 15.9 Å². The molecule has 0 unspecified atom stereocenters. The van der Waals surface area contributed by atoms with E-state index in [-0.39, 0.29) is 17.4 Å². The lowest BCUT2D eigenvalue weighted by Crippen LogP contribution is -2.25. The average molecular weight is 400 g/mol. The highest BCUT2D eigenvalue weighted by atomic mass is 79.9. The second kappa shape index (κ2) is 12.8. The third-order valence-electron chi connectivity index (χ3n) is 3.36. The second-order valence-corrected chi connectivity index (χ2v) is 6.58. The molecule has 0 spiro atoms. The number of alkyl halides is 1. The molecule has 0 heterocycles. The number of ether oxygens (including phenoxy) is 2. The van der Waals surface area contributed by atoms with E-state index in [9.17, 15) is 9.59 Å². The molecule has 1 aromatic rings. The topological polar surface area (TPSA) is 64.6 Å². The van der Waals surface area contributed by atoms with Crippen molar-refractivity contribution in [2.45, 2.75) is 50.5 Å². The van der Waals surface area contributed by atoms with Gasteiger partial charge in [-0.1, -0.05) is 59.6 Å². The van der Waals surface area contributed by atoms with Gasteiger partial charge in [0.1, 0.15) is 11.4 Å². The first kappa shape index (κ1) is 20.5. The molecule has 1 N–H and O–H groups in total. The normalized spacial score (nSPS) is 11.6. The Balaban J connectivity index is 2.02. The maximum absolute atomic E-state index is 11.7. The SMILES string of the molecule is CCCCOC(=O)[C@@H](Br)CCCCNC(=O)OCc1ccccc1. The van der Waals surface area contributed by atoms with E-state index in [2.05, 4.69) is 28.2 Å². The molecular weight excluding hydrogens is 374 g/mol. The predicted octanol–water partition coefficient (Wildman–Crippen LogP) is 4.19. The van der Waals surface area contributed by atoms with E-state index in [1.54, 1.807) is 0 Å². The van der Waals surface area contributed by atoms with Gasteiger partial charge in [0, 0.05) is 6.54 Å². The Morgan fingerprint density at radius 2 is 1.88 bits per heavy atom. The highest BCUT2D eigenvalue weighted by Crippen LogP contribution is 2.12. The number of rotatable bonds is 11. The predicted molar refractivity (Wildman–Crippen MR) is 97.1 cm³/mol. The first-order valence-electron chi connectivity index (χ1n) is 8.38. The summed E-state index contributed by atoms with van der Waals surface area (Å²) in [5.74, 6) is -0.210. The molecule has 0 saturated heterocycles. The summed E-state index contributed by atoms with van der Waals surface area (Å²) in [6.45, 7) is 3.32. The monoisotopic (exact) mass is 399 g/mol. The highest BCUT2D eigenvalue weighted by molar-refractivity contribution is 9.10. The van der Waals surface area contributed by atoms with Crippen LogP contribution in [0.1, 0.15) is 44.6 Å². The van der Waals surface area contributed by atoms with Crippen molar-refractivity contribution in [3.63, 3.8) is 0 Å². The zero-order valence-corrected chi connectivity index (χ0v) is 15.7. The molecule has 0 aromatic heterocycles. The third kappa shape index (κ3) is 9.55. The second-order valence-electron chi connectivity index (χ2n) is 5.47. The van der Waals surface area contributed by atoms with Crippen molar-refractivity contribution in [1.29, 1.82) is 0 Å². The molecule has 0 saturated carbocycles. The summed E-state index contributed by atoms with van der Waals surface area (Å²) < 4.78 is 10.3. The van der Waals surface area contributed by atoms with Crippen LogP contribution in [0.2, 0.25) is 0 Å². The van der Waals surface area contributed by atoms with E-state index in [1.807, 2.05) is 30.3 Å². The highest BCUT2D eigenvalue weighted by Gasteiger charge is 2.15. The number of carbonyl (C=O) groups is 2. The van der Waals surface area contributed by atoms with Gasteiger partial charge in [-0.2, -0.15) is 0 Å². The fraction of sp³-hybridized carbons (Fsp3) is 0.556. The van der Waals surface area contributed by atoms with Gasteiger partial charge < -0.3 is 14.8 Å². The van der Waals surface area contributed by atoms with E-state index < -0.39 is 6.09 Å². The molecule has 1 aromatic carbocycles. The van der Waals surface area contributed by atoms with Crippen LogP contribution in [0, 0.1) is 0 Å². The number of amides is 1. The first-order chi connectivity index (χ1) is 11.6. The van der Waals surface area contributed by atoms with Gasteiger partial charge in [0.15, 0.2) is 0 Å². The largest absolute Gasteiger partial charge is 0.465 e. The summed E-state index contributed by atoms with van der Waals surface area (Å²) >= 11 is 3.34. The van der Waals surface area contributed by atoms with Crippen molar-refractivity contribution in [1.82, 2.24) is 5.32 Å². The molecule has 0 aliphatic rings. The van der Waals surface area contributed by atoms with Crippen LogP contribution in [0.5, 0.6) is 0 Å². The molecule has 0 fully saturated rings. The Morgan fingerprint density at radius 3 is 2.58 bits per heavy atom. The number of esters is 1. The molecule has 6 heteroatoms. The summed E-state index contributed by atoms with van der Waals surface area (Å²) in [7, 11) is 0. The minimum Gasteiger partial charge on any atom is -0.465 e. The molecule has 0 aliphatic carbocycles. The van der Waals surface area contributed by atoms with E-state index in [0.717, 1.165) is 31.2 Å². The van der Waals surface area contributed by atoms with Crippen molar-refractivity contribution >= 4 is 28.0 Å². The van der Waals surface area contributed by atoms with Gasteiger partial charge >= 0.3 is 12.1 Å². The number of alkyl carbamates (subject to hydrolysis) is 1.